The van der Waals surface area contributed by atoms with E-state index < -0.39 is 0 Å². The number of amides is 1. The van der Waals surface area contributed by atoms with Gasteiger partial charge in [-0.15, -0.1) is 0 Å². The predicted octanol–water partition coefficient (Wildman–Crippen LogP) is 7.27. The number of fused-ring (bicyclic) bond motifs is 2. The molecule has 3 aliphatic heterocycles. The Bertz CT molecular complexity index is 1080. The van der Waals surface area contributed by atoms with Crippen LogP contribution < -0.4 is 0 Å². The third-order valence-electron chi connectivity index (χ3n) is 9.82. The van der Waals surface area contributed by atoms with Crippen molar-refractivity contribution in [3.05, 3.63) is 58.0 Å². The molecule has 2 fully saturated rings. The van der Waals surface area contributed by atoms with Crippen molar-refractivity contribution in [1.29, 1.82) is 0 Å². The fourth-order valence-corrected chi connectivity index (χ4v) is 7.81. The number of aliphatic imine (C=N–C) groups is 1. The molecule has 0 aromatic rings. The van der Waals surface area contributed by atoms with Crippen LogP contribution in [0.15, 0.2) is 63.0 Å². The molecule has 0 aromatic carbocycles. The van der Waals surface area contributed by atoms with Crippen molar-refractivity contribution in [2.24, 2.45) is 16.8 Å². The van der Waals surface area contributed by atoms with Crippen LogP contribution in [0, 0.1) is 11.8 Å². The predicted molar refractivity (Wildman–Crippen MR) is 152 cm³/mol. The third kappa shape index (κ3) is 5.24. The lowest BCUT2D eigenvalue weighted by molar-refractivity contribution is -0.134. The van der Waals surface area contributed by atoms with Gasteiger partial charge >= 0.3 is 0 Å². The first kappa shape index (κ1) is 25.1. The summed E-state index contributed by atoms with van der Waals surface area (Å²) in [6.07, 6.45) is 25.6. The van der Waals surface area contributed by atoms with Gasteiger partial charge in [0.1, 0.15) is 0 Å². The average Bonchev–Trinajstić information content (AvgIpc) is 3.08. The number of nitrogens with zero attached hydrogens (tertiary/aromatic N) is 3. The minimum atomic E-state index is 0.252. The van der Waals surface area contributed by atoms with Crippen molar-refractivity contribution in [3.8, 4) is 0 Å². The van der Waals surface area contributed by atoms with Crippen molar-refractivity contribution in [2.45, 2.75) is 96.8 Å². The molecule has 0 unspecified atom stereocenters. The van der Waals surface area contributed by atoms with Gasteiger partial charge in [0.15, 0.2) is 0 Å². The SMILES string of the molecule is CC1=C(C2CCN(CCC3=C4CCCC=C4CCN3C(=O)C3CCCCCC3)CC2)C2=CC=CCC2=N1. The van der Waals surface area contributed by atoms with E-state index >= 15 is 0 Å². The first-order chi connectivity index (χ1) is 18.2. The van der Waals surface area contributed by atoms with Crippen LogP contribution in [0.1, 0.15) is 96.8 Å². The molecule has 0 atom stereocenters. The van der Waals surface area contributed by atoms with Gasteiger partial charge in [-0.2, -0.15) is 0 Å². The summed E-state index contributed by atoms with van der Waals surface area (Å²) in [4.78, 5) is 23.7. The molecule has 37 heavy (non-hydrogen) atoms. The first-order valence-electron chi connectivity index (χ1n) is 15.3. The van der Waals surface area contributed by atoms with Crippen LogP contribution in [0.2, 0.25) is 0 Å². The molecular weight excluding hydrogens is 454 g/mol. The van der Waals surface area contributed by atoms with Gasteiger partial charge in [0.25, 0.3) is 0 Å². The molecule has 6 aliphatic rings. The Morgan fingerprint density at radius 2 is 1.81 bits per heavy atom. The summed E-state index contributed by atoms with van der Waals surface area (Å²) in [5.74, 6) is 1.33. The monoisotopic (exact) mass is 499 g/mol. The largest absolute Gasteiger partial charge is 0.315 e. The van der Waals surface area contributed by atoms with Crippen LogP contribution in [-0.2, 0) is 4.79 Å². The standard InChI is InChI=1S/C33H45N3O/c1-24-32(29-14-8-9-15-30(29)34-24)26-16-20-35(21-17-26)22-19-31-28-13-7-6-10-25(28)18-23-36(31)33(37)27-11-4-2-3-5-12-27/h8-10,14,26-27H,2-7,11-13,15-23H2,1H3. The number of hydrogen-bond donors (Lipinski definition) is 0. The van der Waals surface area contributed by atoms with Crippen LogP contribution >= 0.6 is 0 Å². The Morgan fingerprint density at radius 1 is 1.00 bits per heavy atom. The molecule has 3 aliphatic carbocycles. The van der Waals surface area contributed by atoms with E-state index in [0.29, 0.717) is 11.8 Å². The fourth-order valence-electron chi connectivity index (χ4n) is 7.81. The Labute approximate surface area is 224 Å². The minimum absolute atomic E-state index is 0.252. The Hall–Kier alpha value is -2.20. The summed E-state index contributed by atoms with van der Waals surface area (Å²) in [7, 11) is 0. The third-order valence-corrected chi connectivity index (χ3v) is 9.82. The molecule has 4 heteroatoms. The maximum absolute atomic E-state index is 13.8. The van der Waals surface area contributed by atoms with Gasteiger partial charge in [-0.05, 0) is 94.0 Å². The summed E-state index contributed by atoms with van der Waals surface area (Å²) >= 11 is 0. The first-order valence-corrected chi connectivity index (χ1v) is 15.3. The van der Waals surface area contributed by atoms with Crippen LogP contribution in [-0.4, -0.2) is 47.6 Å². The van der Waals surface area contributed by atoms with E-state index in [1.807, 2.05) is 0 Å². The topological polar surface area (TPSA) is 35.9 Å². The van der Waals surface area contributed by atoms with Gasteiger partial charge < -0.3 is 9.80 Å². The van der Waals surface area contributed by atoms with E-state index in [0.717, 1.165) is 64.7 Å². The highest BCUT2D eigenvalue weighted by molar-refractivity contribution is 6.08. The van der Waals surface area contributed by atoms with Crippen molar-refractivity contribution >= 4 is 11.6 Å². The Balaban J connectivity index is 1.12. The summed E-state index contributed by atoms with van der Waals surface area (Å²) in [5, 5.41) is 0. The molecular formula is C33H45N3O. The van der Waals surface area contributed by atoms with Gasteiger partial charge in [0, 0.05) is 48.8 Å². The summed E-state index contributed by atoms with van der Waals surface area (Å²) < 4.78 is 0. The van der Waals surface area contributed by atoms with Crippen LogP contribution in [0.4, 0.5) is 0 Å². The molecule has 1 amide bonds. The minimum Gasteiger partial charge on any atom is -0.315 e. The normalized spacial score (nSPS) is 26.0. The molecule has 198 valence electrons. The van der Waals surface area contributed by atoms with E-state index in [1.54, 1.807) is 5.57 Å². The zero-order chi connectivity index (χ0) is 25.2. The van der Waals surface area contributed by atoms with E-state index in [9.17, 15) is 4.79 Å². The number of allylic oxidation sites excluding steroid dienone is 8. The second-order valence-corrected chi connectivity index (χ2v) is 12.1. The number of carbonyl (C=O) groups excluding carboxylic acids is 1. The highest BCUT2D eigenvalue weighted by Gasteiger charge is 2.34. The number of hydrogen-bond acceptors (Lipinski definition) is 3. The summed E-state index contributed by atoms with van der Waals surface area (Å²) in [6, 6.07) is 0. The van der Waals surface area contributed by atoms with Gasteiger partial charge in [0.05, 0.1) is 5.71 Å². The van der Waals surface area contributed by atoms with E-state index in [4.69, 9.17) is 4.99 Å². The highest BCUT2D eigenvalue weighted by Crippen LogP contribution is 2.40. The molecule has 6 rings (SSSR count). The summed E-state index contributed by atoms with van der Waals surface area (Å²) in [6.45, 7) is 6.50. The zero-order valence-electron chi connectivity index (χ0n) is 22.9. The molecule has 1 saturated carbocycles. The zero-order valence-corrected chi connectivity index (χ0v) is 22.9. The molecule has 0 aromatic heterocycles. The van der Waals surface area contributed by atoms with Crippen molar-refractivity contribution in [2.75, 3.05) is 26.2 Å². The van der Waals surface area contributed by atoms with Gasteiger partial charge in [-0.3, -0.25) is 9.79 Å². The molecule has 4 nitrogen and oxygen atoms in total. The molecule has 3 heterocycles. The van der Waals surface area contributed by atoms with Gasteiger partial charge in [-0.25, -0.2) is 0 Å². The molecule has 0 radical (unpaired) electrons. The van der Waals surface area contributed by atoms with Crippen molar-refractivity contribution < 1.29 is 4.79 Å². The van der Waals surface area contributed by atoms with Crippen molar-refractivity contribution in [3.63, 3.8) is 0 Å². The maximum atomic E-state index is 13.8. The van der Waals surface area contributed by atoms with Crippen LogP contribution in [0.25, 0.3) is 0 Å². The molecule has 0 N–H and O–H groups in total. The second-order valence-electron chi connectivity index (χ2n) is 12.1. The lowest BCUT2D eigenvalue weighted by atomic mass is 9.82. The number of rotatable bonds is 5. The Morgan fingerprint density at radius 3 is 2.62 bits per heavy atom. The second kappa shape index (κ2) is 11.3. The lowest BCUT2D eigenvalue weighted by Gasteiger charge is -2.39. The highest BCUT2D eigenvalue weighted by atomic mass is 16.2. The van der Waals surface area contributed by atoms with Crippen LogP contribution in [0.5, 0.6) is 0 Å². The number of piperidine rings is 1. The van der Waals surface area contributed by atoms with Crippen molar-refractivity contribution in [1.82, 2.24) is 9.80 Å². The van der Waals surface area contributed by atoms with E-state index in [1.165, 1.54) is 85.2 Å². The maximum Gasteiger partial charge on any atom is 0.229 e. The van der Waals surface area contributed by atoms with Gasteiger partial charge in [-0.1, -0.05) is 50.0 Å². The van der Waals surface area contributed by atoms with E-state index in [2.05, 4.69) is 41.0 Å². The number of carbonyl (C=O) groups is 1. The molecule has 0 bridgehead atoms. The smallest absolute Gasteiger partial charge is 0.229 e. The quantitative estimate of drug-likeness (QED) is 0.373. The fraction of sp³-hybridized carbons (Fsp3) is 0.636. The molecule has 0 spiro atoms. The molecule has 1 saturated heterocycles. The Kier molecular flexibility index (Phi) is 7.65. The van der Waals surface area contributed by atoms with Crippen LogP contribution in [0.3, 0.4) is 0 Å². The van der Waals surface area contributed by atoms with Gasteiger partial charge in [0.2, 0.25) is 5.91 Å². The average molecular weight is 500 g/mol. The lowest BCUT2D eigenvalue weighted by Crippen LogP contribution is -2.41. The van der Waals surface area contributed by atoms with E-state index in [-0.39, 0.29) is 5.92 Å². The number of likely N-dealkylation sites (tertiary alicyclic amines) is 1. The summed E-state index contributed by atoms with van der Waals surface area (Å²) in [5.41, 5.74) is 9.94.